The standard InChI is InChI=1S/C15H12BrF2NO/c1-9-11(16)5-3-7-13(9)19-14(20)8-10-4-2-6-12(17)15(10)18/h2-7H,8H2,1H3,(H,19,20). The molecule has 20 heavy (non-hydrogen) atoms. The van der Waals surface area contributed by atoms with Crippen LogP contribution in [-0.4, -0.2) is 5.91 Å². The monoisotopic (exact) mass is 339 g/mol. The Morgan fingerprint density at radius 1 is 1.20 bits per heavy atom. The lowest BCUT2D eigenvalue weighted by molar-refractivity contribution is -0.115. The summed E-state index contributed by atoms with van der Waals surface area (Å²) >= 11 is 3.36. The van der Waals surface area contributed by atoms with Crippen LogP contribution in [0.4, 0.5) is 14.5 Å². The summed E-state index contributed by atoms with van der Waals surface area (Å²) in [5.74, 6) is -2.32. The molecule has 0 aliphatic heterocycles. The van der Waals surface area contributed by atoms with Crippen molar-refractivity contribution in [1.29, 1.82) is 0 Å². The number of anilines is 1. The minimum atomic E-state index is -0.978. The molecule has 104 valence electrons. The van der Waals surface area contributed by atoms with Gasteiger partial charge >= 0.3 is 0 Å². The minimum absolute atomic E-state index is 0.0372. The van der Waals surface area contributed by atoms with Crippen LogP contribution in [0.15, 0.2) is 40.9 Å². The molecule has 0 fully saturated rings. The minimum Gasteiger partial charge on any atom is -0.326 e. The molecule has 2 aromatic rings. The van der Waals surface area contributed by atoms with Gasteiger partial charge in [-0.25, -0.2) is 8.78 Å². The van der Waals surface area contributed by atoms with E-state index >= 15 is 0 Å². The van der Waals surface area contributed by atoms with E-state index in [4.69, 9.17) is 0 Å². The first-order valence-electron chi connectivity index (χ1n) is 5.97. The Hall–Kier alpha value is -1.75. The van der Waals surface area contributed by atoms with Gasteiger partial charge < -0.3 is 5.32 Å². The lowest BCUT2D eigenvalue weighted by Crippen LogP contribution is -2.16. The topological polar surface area (TPSA) is 29.1 Å². The number of hydrogen-bond acceptors (Lipinski definition) is 1. The Kier molecular flexibility index (Phi) is 4.49. The van der Waals surface area contributed by atoms with Crippen molar-refractivity contribution in [2.45, 2.75) is 13.3 Å². The van der Waals surface area contributed by atoms with Gasteiger partial charge in [-0.05, 0) is 30.7 Å². The summed E-state index contributed by atoms with van der Waals surface area (Å²) in [5.41, 5.74) is 1.55. The third-order valence-electron chi connectivity index (χ3n) is 2.92. The SMILES string of the molecule is Cc1c(Br)cccc1NC(=O)Cc1cccc(F)c1F. The van der Waals surface area contributed by atoms with Crippen molar-refractivity contribution in [2.75, 3.05) is 5.32 Å². The first-order valence-corrected chi connectivity index (χ1v) is 6.76. The summed E-state index contributed by atoms with van der Waals surface area (Å²) in [4.78, 5) is 11.9. The third-order valence-corrected chi connectivity index (χ3v) is 3.78. The molecule has 1 amide bonds. The van der Waals surface area contributed by atoms with Crippen LogP contribution in [0.1, 0.15) is 11.1 Å². The van der Waals surface area contributed by atoms with Crippen molar-refractivity contribution in [3.63, 3.8) is 0 Å². The molecule has 0 saturated heterocycles. The molecule has 0 aliphatic carbocycles. The van der Waals surface area contributed by atoms with Crippen LogP contribution in [-0.2, 0) is 11.2 Å². The Morgan fingerprint density at radius 3 is 2.65 bits per heavy atom. The van der Waals surface area contributed by atoms with Crippen molar-refractivity contribution >= 4 is 27.5 Å². The van der Waals surface area contributed by atoms with Crippen LogP contribution in [0.2, 0.25) is 0 Å². The van der Waals surface area contributed by atoms with E-state index in [2.05, 4.69) is 21.2 Å². The average Bonchev–Trinajstić information content (AvgIpc) is 2.40. The number of carbonyl (C=O) groups excluding carboxylic acids is 1. The number of carbonyl (C=O) groups is 1. The fourth-order valence-electron chi connectivity index (χ4n) is 1.80. The molecule has 0 aliphatic rings. The van der Waals surface area contributed by atoms with Gasteiger partial charge in [0.05, 0.1) is 6.42 Å². The molecule has 2 rings (SSSR count). The highest BCUT2D eigenvalue weighted by Crippen LogP contribution is 2.23. The van der Waals surface area contributed by atoms with Gasteiger partial charge in [-0.3, -0.25) is 4.79 Å². The highest BCUT2D eigenvalue weighted by atomic mass is 79.9. The van der Waals surface area contributed by atoms with Crippen LogP contribution in [0.5, 0.6) is 0 Å². The van der Waals surface area contributed by atoms with E-state index in [0.717, 1.165) is 16.1 Å². The molecule has 0 atom stereocenters. The van der Waals surface area contributed by atoms with E-state index in [9.17, 15) is 13.6 Å². The van der Waals surface area contributed by atoms with Crippen molar-refractivity contribution in [3.05, 3.63) is 63.6 Å². The van der Waals surface area contributed by atoms with Crippen LogP contribution in [0.3, 0.4) is 0 Å². The fourth-order valence-corrected chi connectivity index (χ4v) is 2.16. The lowest BCUT2D eigenvalue weighted by atomic mass is 10.1. The normalized spacial score (nSPS) is 10.4. The number of amides is 1. The van der Waals surface area contributed by atoms with Gasteiger partial charge in [-0.2, -0.15) is 0 Å². The first kappa shape index (κ1) is 14.7. The molecule has 0 spiro atoms. The number of halogens is 3. The zero-order valence-corrected chi connectivity index (χ0v) is 12.3. The molecule has 1 N–H and O–H groups in total. The molecule has 0 saturated carbocycles. The Bertz CT molecular complexity index is 603. The third kappa shape index (κ3) is 3.22. The maximum absolute atomic E-state index is 13.5. The Labute approximate surface area is 123 Å². The van der Waals surface area contributed by atoms with Crippen LogP contribution >= 0.6 is 15.9 Å². The van der Waals surface area contributed by atoms with Gasteiger partial charge in [-0.15, -0.1) is 0 Å². The first-order chi connectivity index (χ1) is 9.49. The highest BCUT2D eigenvalue weighted by Gasteiger charge is 2.12. The Morgan fingerprint density at radius 2 is 1.90 bits per heavy atom. The van der Waals surface area contributed by atoms with Gasteiger partial charge in [0.1, 0.15) is 0 Å². The van der Waals surface area contributed by atoms with E-state index in [1.54, 1.807) is 12.1 Å². The van der Waals surface area contributed by atoms with E-state index < -0.39 is 17.5 Å². The molecule has 2 aromatic carbocycles. The maximum atomic E-state index is 13.5. The van der Waals surface area contributed by atoms with Crippen LogP contribution < -0.4 is 5.32 Å². The predicted octanol–water partition coefficient (Wildman–Crippen LogP) is 4.22. The summed E-state index contributed by atoms with van der Waals surface area (Å²) < 4.78 is 27.4. The van der Waals surface area contributed by atoms with Crippen LogP contribution in [0, 0.1) is 18.6 Å². The molecule has 2 nitrogen and oxygen atoms in total. The van der Waals surface area contributed by atoms with Gasteiger partial charge in [0.2, 0.25) is 5.91 Å². The summed E-state index contributed by atoms with van der Waals surface area (Å²) in [6.07, 6.45) is -0.213. The molecular weight excluding hydrogens is 328 g/mol. The second kappa shape index (κ2) is 6.13. The van der Waals surface area contributed by atoms with Gasteiger partial charge in [0, 0.05) is 15.7 Å². The smallest absolute Gasteiger partial charge is 0.228 e. The number of hydrogen-bond donors (Lipinski definition) is 1. The van der Waals surface area contributed by atoms with E-state index in [0.29, 0.717) is 5.69 Å². The van der Waals surface area contributed by atoms with Crippen molar-refractivity contribution in [3.8, 4) is 0 Å². The van der Waals surface area contributed by atoms with E-state index in [1.807, 2.05) is 13.0 Å². The van der Waals surface area contributed by atoms with Gasteiger partial charge in [0.15, 0.2) is 11.6 Å². The Balaban J connectivity index is 2.13. The molecule has 0 bridgehead atoms. The highest BCUT2D eigenvalue weighted by molar-refractivity contribution is 9.10. The number of rotatable bonds is 3. The molecule has 5 heteroatoms. The molecule has 0 aromatic heterocycles. The summed E-state index contributed by atoms with van der Waals surface area (Å²) in [5, 5.41) is 2.69. The largest absolute Gasteiger partial charge is 0.326 e. The fraction of sp³-hybridized carbons (Fsp3) is 0.133. The second-order valence-electron chi connectivity index (χ2n) is 4.35. The van der Waals surface area contributed by atoms with Gasteiger partial charge in [-0.1, -0.05) is 34.1 Å². The lowest BCUT2D eigenvalue weighted by Gasteiger charge is -2.10. The molecule has 0 heterocycles. The second-order valence-corrected chi connectivity index (χ2v) is 5.20. The zero-order chi connectivity index (χ0) is 14.7. The summed E-state index contributed by atoms with van der Waals surface area (Å²) in [6.45, 7) is 1.85. The number of benzene rings is 2. The van der Waals surface area contributed by atoms with E-state index in [-0.39, 0.29) is 12.0 Å². The average molecular weight is 340 g/mol. The van der Waals surface area contributed by atoms with E-state index in [1.165, 1.54) is 12.1 Å². The van der Waals surface area contributed by atoms with Gasteiger partial charge in [0.25, 0.3) is 0 Å². The maximum Gasteiger partial charge on any atom is 0.228 e. The number of nitrogens with one attached hydrogen (secondary N) is 1. The van der Waals surface area contributed by atoms with Crippen molar-refractivity contribution in [2.24, 2.45) is 0 Å². The summed E-state index contributed by atoms with van der Waals surface area (Å²) in [6, 6.07) is 9.19. The summed E-state index contributed by atoms with van der Waals surface area (Å²) in [7, 11) is 0. The molecule has 0 unspecified atom stereocenters. The quantitative estimate of drug-likeness (QED) is 0.891. The molecule has 0 radical (unpaired) electrons. The predicted molar refractivity (Wildman–Crippen MR) is 77.6 cm³/mol. The zero-order valence-electron chi connectivity index (χ0n) is 10.7. The van der Waals surface area contributed by atoms with Crippen molar-refractivity contribution in [1.82, 2.24) is 0 Å². The van der Waals surface area contributed by atoms with Crippen LogP contribution in [0.25, 0.3) is 0 Å². The van der Waals surface area contributed by atoms with Crippen molar-refractivity contribution < 1.29 is 13.6 Å². The molecular formula is C15H12BrF2NO.